The van der Waals surface area contributed by atoms with Crippen molar-refractivity contribution in [3.63, 3.8) is 0 Å². The average molecular weight is 328 g/mol. The van der Waals surface area contributed by atoms with Gasteiger partial charge in [-0.25, -0.2) is 13.6 Å². The van der Waals surface area contributed by atoms with Crippen molar-refractivity contribution in [2.24, 2.45) is 5.14 Å². The average Bonchev–Trinajstić information content (AvgIpc) is 2.53. The summed E-state index contributed by atoms with van der Waals surface area (Å²) in [5.74, 6) is 0.580. The van der Waals surface area contributed by atoms with Crippen LogP contribution >= 0.6 is 0 Å². The quantitative estimate of drug-likeness (QED) is 0.801. The second-order valence-electron chi connectivity index (χ2n) is 5.23. The first kappa shape index (κ1) is 15.5. The molecule has 1 heterocycles. The first-order valence-electron chi connectivity index (χ1n) is 6.97. The van der Waals surface area contributed by atoms with Crippen LogP contribution in [-0.2, 0) is 10.0 Å². The molecule has 3 aromatic rings. The topological polar surface area (TPSA) is 82.3 Å². The van der Waals surface area contributed by atoms with Crippen LogP contribution in [0.15, 0.2) is 53.6 Å². The number of fused-ring (bicyclic) bond motifs is 1. The highest BCUT2D eigenvalue weighted by Crippen LogP contribution is 2.38. The molecule has 5 nitrogen and oxygen atoms in total. The molecule has 0 atom stereocenters. The summed E-state index contributed by atoms with van der Waals surface area (Å²) in [5.41, 5.74) is 3.39. The van der Waals surface area contributed by atoms with E-state index in [4.69, 9.17) is 9.88 Å². The Bertz CT molecular complexity index is 998. The van der Waals surface area contributed by atoms with Gasteiger partial charge in [0.05, 0.1) is 17.5 Å². The Hall–Kier alpha value is -2.44. The molecule has 1 aromatic heterocycles. The van der Waals surface area contributed by atoms with Crippen LogP contribution in [0, 0.1) is 6.92 Å². The van der Waals surface area contributed by atoms with Crippen molar-refractivity contribution >= 4 is 20.9 Å². The number of pyridine rings is 1. The van der Waals surface area contributed by atoms with Gasteiger partial charge in [0.1, 0.15) is 5.75 Å². The maximum absolute atomic E-state index is 11.7. The molecule has 0 unspecified atom stereocenters. The molecule has 0 aliphatic rings. The molecule has 0 saturated carbocycles. The van der Waals surface area contributed by atoms with Crippen molar-refractivity contribution in [2.75, 3.05) is 7.11 Å². The molecule has 0 saturated heterocycles. The first-order chi connectivity index (χ1) is 10.9. The minimum Gasteiger partial charge on any atom is -0.496 e. The number of aryl methyl sites for hydroxylation is 1. The van der Waals surface area contributed by atoms with Crippen molar-refractivity contribution in [1.82, 2.24) is 4.98 Å². The van der Waals surface area contributed by atoms with Crippen molar-refractivity contribution in [3.8, 4) is 16.9 Å². The van der Waals surface area contributed by atoms with E-state index in [-0.39, 0.29) is 4.90 Å². The third-order valence-electron chi connectivity index (χ3n) is 3.76. The van der Waals surface area contributed by atoms with E-state index in [1.54, 1.807) is 25.4 Å². The van der Waals surface area contributed by atoms with Gasteiger partial charge in [-0.1, -0.05) is 12.1 Å². The standard InChI is InChI=1S/C17H16N2O3S/c1-11-5-7-15-13(4-3-9-19-15)17(11)14-10-12(23(18,20)21)6-8-16(14)22-2/h3-10H,1-2H3,(H2,18,20,21). The molecule has 0 amide bonds. The molecule has 118 valence electrons. The Kier molecular flexibility index (Phi) is 3.79. The zero-order valence-corrected chi connectivity index (χ0v) is 13.6. The minimum absolute atomic E-state index is 0.0496. The van der Waals surface area contributed by atoms with Gasteiger partial charge in [-0.2, -0.15) is 0 Å². The van der Waals surface area contributed by atoms with Gasteiger partial charge < -0.3 is 4.74 Å². The zero-order chi connectivity index (χ0) is 16.6. The molecule has 0 fully saturated rings. The first-order valence-corrected chi connectivity index (χ1v) is 8.52. The third kappa shape index (κ3) is 2.78. The van der Waals surface area contributed by atoms with Crippen LogP contribution in [0.5, 0.6) is 5.75 Å². The second-order valence-corrected chi connectivity index (χ2v) is 6.80. The summed E-state index contributed by atoms with van der Waals surface area (Å²) >= 11 is 0. The van der Waals surface area contributed by atoms with Crippen LogP contribution in [0.1, 0.15) is 5.56 Å². The number of ether oxygens (including phenoxy) is 1. The predicted octanol–water partition coefficient (Wildman–Crippen LogP) is 2.87. The van der Waals surface area contributed by atoms with E-state index in [0.29, 0.717) is 11.3 Å². The van der Waals surface area contributed by atoms with E-state index in [9.17, 15) is 8.42 Å². The molecule has 2 N–H and O–H groups in total. The molecule has 3 rings (SSSR count). The fourth-order valence-corrected chi connectivity index (χ4v) is 3.22. The van der Waals surface area contributed by atoms with E-state index in [1.807, 2.05) is 31.2 Å². The molecule has 0 radical (unpaired) electrons. The van der Waals surface area contributed by atoms with Crippen LogP contribution in [0.4, 0.5) is 0 Å². The second kappa shape index (κ2) is 5.64. The van der Waals surface area contributed by atoms with E-state index in [0.717, 1.165) is 22.0 Å². The Morgan fingerprint density at radius 2 is 1.91 bits per heavy atom. The number of nitrogens with two attached hydrogens (primary N) is 1. The van der Waals surface area contributed by atoms with Crippen molar-refractivity contribution in [1.29, 1.82) is 0 Å². The molecular weight excluding hydrogens is 312 g/mol. The fraction of sp³-hybridized carbons (Fsp3) is 0.118. The Balaban J connectivity index is 2.40. The summed E-state index contributed by atoms with van der Waals surface area (Å²) in [4.78, 5) is 4.40. The van der Waals surface area contributed by atoms with Crippen LogP contribution < -0.4 is 9.88 Å². The summed E-state index contributed by atoms with van der Waals surface area (Å²) in [5, 5.41) is 6.19. The van der Waals surface area contributed by atoms with Crippen LogP contribution in [0.2, 0.25) is 0 Å². The number of aromatic nitrogens is 1. The maximum atomic E-state index is 11.7. The SMILES string of the molecule is COc1ccc(S(N)(=O)=O)cc1-c1c(C)ccc2ncccc12. The van der Waals surface area contributed by atoms with Crippen molar-refractivity contribution in [3.05, 3.63) is 54.2 Å². The molecule has 0 bridgehead atoms. The number of hydrogen-bond acceptors (Lipinski definition) is 4. The zero-order valence-electron chi connectivity index (χ0n) is 12.8. The monoisotopic (exact) mass is 328 g/mol. The van der Waals surface area contributed by atoms with Crippen LogP contribution in [-0.4, -0.2) is 20.5 Å². The lowest BCUT2D eigenvalue weighted by Crippen LogP contribution is -2.12. The highest BCUT2D eigenvalue weighted by Gasteiger charge is 2.17. The number of sulfonamides is 1. The number of hydrogen-bond donors (Lipinski definition) is 1. The van der Waals surface area contributed by atoms with Gasteiger partial charge in [-0.3, -0.25) is 4.98 Å². The van der Waals surface area contributed by atoms with Crippen molar-refractivity contribution < 1.29 is 13.2 Å². The van der Waals surface area contributed by atoms with Gasteiger partial charge in [0, 0.05) is 17.1 Å². The molecule has 0 aliphatic carbocycles. The number of methoxy groups -OCH3 is 1. The molecule has 0 spiro atoms. The lowest BCUT2D eigenvalue weighted by Gasteiger charge is -2.15. The normalized spacial score (nSPS) is 11.6. The molecule has 23 heavy (non-hydrogen) atoms. The number of benzene rings is 2. The third-order valence-corrected chi connectivity index (χ3v) is 4.67. The van der Waals surface area contributed by atoms with Gasteiger partial charge >= 0.3 is 0 Å². The van der Waals surface area contributed by atoms with Gasteiger partial charge in [-0.15, -0.1) is 0 Å². The Morgan fingerprint density at radius 3 is 2.61 bits per heavy atom. The fourth-order valence-electron chi connectivity index (χ4n) is 2.68. The molecule has 6 heteroatoms. The van der Waals surface area contributed by atoms with Crippen molar-refractivity contribution in [2.45, 2.75) is 11.8 Å². The largest absolute Gasteiger partial charge is 0.496 e. The highest BCUT2D eigenvalue weighted by molar-refractivity contribution is 7.89. The molecule has 2 aromatic carbocycles. The summed E-state index contributed by atoms with van der Waals surface area (Å²) in [6.45, 7) is 1.96. The summed E-state index contributed by atoms with van der Waals surface area (Å²) < 4.78 is 28.8. The van der Waals surface area contributed by atoms with E-state index >= 15 is 0 Å². The summed E-state index contributed by atoms with van der Waals surface area (Å²) in [6.07, 6.45) is 1.72. The van der Waals surface area contributed by atoms with Crippen LogP contribution in [0.3, 0.4) is 0 Å². The summed E-state index contributed by atoms with van der Waals surface area (Å²) in [6, 6.07) is 12.3. The van der Waals surface area contributed by atoms with Gasteiger partial charge in [-0.05, 0) is 48.4 Å². The van der Waals surface area contributed by atoms with Gasteiger partial charge in [0.2, 0.25) is 10.0 Å². The highest BCUT2D eigenvalue weighted by atomic mass is 32.2. The smallest absolute Gasteiger partial charge is 0.238 e. The Morgan fingerprint density at radius 1 is 1.13 bits per heavy atom. The van der Waals surface area contributed by atoms with Gasteiger partial charge in [0.25, 0.3) is 0 Å². The van der Waals surface area contributed by atoms with E-state index in [2.05, 4.69) is 4.98 Å². The lowest BCUT2D eigenvalue weighted by molar-refractivity contribution is 0.416. The van der Waals surface area contributed by atoms with Gasteiger partial charge in [0.15, 0.2) is 0 Å². The number of primary sulfonamides is 1. The number of nitrogens with zero attached hydrogens (tertiary/aromatic N) is 1. The van der Waals surface area contributed by atoms with E-state index < -0.39 is 10.0 Å². The van der Waals surface area contributed by atoms with Crippen LogP contribution in [0.25, 0.3) is 22.0 Å². The van der Waals surface area contributed by atoms with E-state index in [1.165, 1.54) is 6.07 Å². The maximum Gasteiger partial charge on any atom is 0.238 e. The summed E-state index contributed by atoms with van der Waals surface area (Å²) in [7, 11) is -2.25. The molecule has 0 aliphatic heterocycles. The predicted molar refractivity (Wildman–Crippen MR) is 89.8 cm³/mol. The minimum atomic E-state index is -3.80. The molecular formula is C17H16N2O3S. The Labute approximate surface area is 134 Å². The number of rotatable bonds is 3. The lowest BCUT2D eigenvalue weighted by atomic mass is 9.95.